The van der Waals surface area contributed by atoms with E-state index >= 15 is 0 Å². The quantitative estimate of drug-likeness (QED) is 0.439. The van der Waals surface area contributed by atoms with Crippen molar-refractivity contribution in [2.45, 2.75) is 37.5 Å². The van der Waals surface area contributed by atoms with Crippen molar-refractivity contribution < 1.29 is 14.0 Å². The molecular formula is C21H18ClN3O3. The van der Waals surface area contributed by atoms with Gasteiger partial charge in [-0.1, -0.05) is 24.1 Å². The molecule has 3 aromatic rings. The van der Waals surface area contributed by atoms with Crippen molar-refractivity contribution >= 4 is 23.2 Å². The second-order valence-electron chi connectivity index (χ2n) is 7.09. The number of hydrogen-bond acceptors (Lipinski definition) is 6. The van der Waals surface area contributed by atoms with Gasteiger partial charge in [-0.3, -0.25) is 14.6 Å². The molecule has 4 rings (SSSR count). The molecule has 1 fully saturated rings. The highest BCUT2D eigenvalue weighted by Crippen LogP contribution is 2.46. The molecule has 0 spiro atoms. The largest absolute Gasteiger partial charge is 0.442 e. The van der Waals surface area contributed by atoms with E-state index in [0.717, 1.165) is 30.5 Å². The Bertz CT molecular complexity index is 979. The van der Waals surface area contributed by atoms with E-state index in [1.165, 1.54) is 18.7 Å². The lowest BCUT2D eigenvalue weighted by atomic mass is 9.63. The van der Waals surface area contributed by atoms with Crippen LogP contribution in [-0.4, -0.2) is 26.5 Å². The van der Waals surface area contributed by atoms with Crippen molar-refractivity contribution in [1.82, 2.24) is 15.0 Å². The van der Waals surface area contributed by atoms with Crippen LogP contribution >= 0.6 is 11.6 Å². The summed E-state index contributed by atoms with van der Waals surface area (Å²) >= 11 is 5.80. The zero-order chi connectivity index (χ0) is 19.6. The molecule has 0 saturated heterocycles. The molecule has 6 nitrogen and oxygen atoms in total. The normalized spacial score (nSPS) is 15.0. The molecule has 0 aliphatic heterocycles. The zero-order valence-corrected chi connectivity index (χ0v) is 15.9. The van der Waals surface area contributed by atoms with Crippen LogP contribution in [0, 0.1) is 0 Å². The molecule has 0 atom stereocenters. The second-order valence-corrected chi connectivity index (χ2v) is 7.48. The first-order valence-corrected chi connectivity index (χ1v) is 9.46. The molecule has 3 aromatic heterocycles. The van der Waals surface area contributed by atoms with Crippen LogP contribution in [0.15, 0.2) is 53.5 Å². The topological polar surface area (TPSA) is 86.0 Å². The van der Waals surface area contributed by atoms with Gasteiger partial charge >= 0.3 is 0 Å². The first-order valence-electron chi connectivity index (χ1n) is 9.09. The average molecular weight is 396 g/mol. The first-order chi connectivity index (χ1) is 13.6. The van der Waals surface area contributed by atoms with Gasteiger partial charge in [-0.15, -0.1) is 0 Å². The number of oxazole rings is 1. The Hall–Kier alpha value is -2.86. The minimum absolute atomic E-state index is 0.0359. The number of carbonyl (C=O) groups is 2. The van der Waals surface area contributed by atoms with Crippen LogP contribution in [0.4, 0.5) is 0 Å². The lowest BCUT2D eigenvalue weighted by Gasteiger charge is -2.41. The van der Waals surface area contributed by atoms with Gasteiger partial charge < -0.3 is 4.42 Å². The molecule has 28 heavy (non-hydrogen) atoms. The third-order valence-corrected chi connectivity index (χ3v) is 5.49. The van der Waals surface area contributed by atoms with Crippen LogP contribution in [0.3, 0.4) is 0 Å². The van der Waals surface area contributed by atoms with Crippen LogP contribution in [-0.2, 0) is 11.8 Å². The molecule has 1 aliphatic rings. The Labute approximate surface area is 167 Å². The standard InChI is InChI=1S/C21H18ClN3O3/c22-19-5-3-15(13-25-19)17(27)11-21(6-1-7-21)18-4-2-14(12-24-18)10-16(26)20-23-8-9-28-20/h2-5,8-9,12-13H,1,6-7,10-11H2. The van der Waals surface area contributed by atoms with Crippen molar-refractivity contribution in [1.29, 1.82) is 0 Å². The Morgan fingerprint density at radius 3 is 2.46 bits per heavy atom. The summed E-state index contributed by atoms with van der Waals surface area (Å²) in [5, 5.41) is 0.367. The van der Waals surface area contributed by atoms with Crippen LogP contribution < -0.4 is 0 Å². The molecule has 3 heterocycles. The van der Waals surface area contributed by atoms with Gasteiger partial charge in [0.15, 0.2) is 5.78 Å². The summed E-state index contributed by atoms with van der Waals surface area (Å²) in [6, 6.07) is 7.14. The first kappa shape index (κ1) is 18.5. The van der Waals surface area contributed by atoms with E-state index in [0.29, 0.717) is 17.1 Å². The third-order valence-electron chi connectivity index (χ3n) is 5.26. The van der Waals surface area contributed by atoms with Crippen molar-refractivity contribution in [3.05, 3.63) is 77.0 Å². The van der Waals surface area contributed by atoms with E-state index in [9.17, 15) is 9.59 Å². The lowest BCUT2D eigenvalue weighted by molar-refractivity contribution is 0.0900. The zero-order valence-electron chi connectivity index (χ0n) is 15.1. The van der Waals surface area contributed by atoms with E-state index in [-0.39, 0.29) is 29.3 Å². The van der Waals surface area contributed by atoms with Crippen molar-refractivity contribution in [3.8, 4) is 0 Å². The van der Waals surface area contributed by atoms with Gasteiger partial charge in [0.05, 0.1) is 6.20 Å². The summed E-state index contributed by atoms with van der Waals surface area (Å²) in [6.07, 6.45) is 9.51. The van der Waals surface area contributed by atoms with Crippen LogP contribution in [0.5, 0.6) is 0 Å². The second kappa shape index (κ2) is 7.64. The summed E-state index contributed by atoms with van der Waals surface area (Å²) < 4.78 is 5.03. The fraction of sp³-hybridized carbons (Fsp3) is 0.286. The molecule has 0 unspecified atom stereocenters. The molecular weight excluding hydrogens is 378 g/mol. The maximum Gasteiger partial charge on any atom is 0.263 e. The van der Waals surface area contributed by atoms with Crippen molar-refractivity contribution in [2.75, 3.05) is 0 Å². The molecule has 7 heteroatoms. The van der Waals surface area contributed by atoms with E-state index in [4.69, 9.17) is 16.0 Å². The van der Waals surface area contributed by atoms with E-state index in [1.807, 2.05) is 12.1 Å². The highest BCUT2D eigenvalue weighted by molar-refractivity contribution is 6.29. The third kappa shape index (κ3) is 3.73. The molecule has 1 aliphatic carbocycles. The number of halogens is 1. The van der Waals surface area contributed by atoms with Gasteiger partial charge in [0.2, 0.25) is 5.78 Å². The summed E-state index contributed by atoms with van der Waals surface area (Å²) in [6.45, 7) is 0. The molecule has 1 saturated carbocycles. The van der Waals surface area contributed by atoms with Gasteiger partial charge in [-0.2, -0.15) is 0 Å². The van der Waals surface area contributed by atoms with E-state index < -0.39 is 0 Å². The highest BCUT2D eigenvalue weighted by atomic mass is 35.5. The van der Waals surface area contributed by atoms with Gasteiger partial charge in [-0.05, 0) is 36.6 Å². The summed E-state index contributed by atoms with van der Waals surface area (Å²) in [5.74, 6) is -0.0566. The summed E-state index contributed by atoms with van der Waals surface area (Å²) in [4.78, 5) is 37.3. The Kier molecular flexibility index (Phi) is 5.05. The van der Waals surface area contributed by atoms with Crippen LogP contribution in [0.2, 0.25) is 5.15 Å². The van der Waals surface area contributed by atoms with Crippen molar-refractivity contribution in [2.24, 2.45) is 0 Å². The molecule has 0 aromatic carbocycles. The van der Waals surface area contributed by atoms with E-state index in [2.05, 4.69) is 15.0 Å². The van der Waals surface area contributed by atoms with Gasteiger partial charge in [0, 0.05) is 41.9 Å². The van der Waals surface area contributed by atoms with Crippen LogP contribution in [0.25, 0.3) is 0 Å². The molecule has 142 valence electrons. The Morgan fingerprint density at radius 2 is 1.89 bits per heavy atom. The van der Waals surface area contributed by atoms with Gasteiger partial charge in [0.25, 0.3) is 5.89 Å². The number of carbonyl (C=O) groups excluding carboxylic acids is 2. The van der Waals surface area contributed by atoms with Crippen LogP contribution in [0.1, 0.15) is 58.0 Å². The van der Waals surface area contributed by atoms with Gasteiger partial charge in [0.1, 0.15) is 11.4 Å². The Morgan fingerprint density at radius 1 is 1.04 bits per heavy atom. The number of ketones is 2. The van der Waals surface area contributed by atoms with Gasteiger partial charge in [-0.25, -0.2) is 9.97 Å². The maximum atomic E-state index is 12.7. The molecule has 0 N–H and O–H groups in total. The number of Topliss-reactive ketones (excluding diaryl/α,β-unsaturated/α-hetero) is 2. The molecule has 0 amide bonds. The minimum Gasteiger partial charge on any atom is -0.442 e. The monoisotopic (exact) mass is 395 g/mol. The minimum atomic E-state index is -0.248. The highest BCUT2D eigenvalue weighted by Gasteiger charge is 2.41. The predicted molar refractivity (Wildman–Crippen MR) is 102 cm³/mol. The maximum absolute atomic E-state index is 12.7. The van der Waals surface area contributed by atoms with Crippen molar-refractivity contribution in [3.63, 3.8) is 0 Å². The fourth-order valence-electron chi connectivity index (χ4n) is 3.54. The molecule has 0 bridgehead atoms. The number of nitrogens with zero attached hydrogens (tertiary/aromatic N) is 3. The predicted octanol–water partition coefficient (Wildman–Crippen LogP) is 4.24. The summed E-state index contributed by atoms with van der Waals surface area (Å²) in [5.41, 5.74) is 1.99. The summed E-state index contributed by atoms with van der Waals surface area (Å²) in [7, 11) is 0. The SMILES string of the molecule is O=C(CC1(c2ccc(CC(=O)c3ncco3)cn2)CCC1)c1ccc(Cl)nc1. The lowest BCUT2D eigenvalue weighted by Crippen LogP contribution is -2.37. The average Bonchev–Trinajstić information content (AvgIpc) is 3.21. The smallest absolute Gasteiger partial charge is 0.263 e. The Balaban J connectivity index is 1.47. The molecule has 0 radical (unpaired) electrons. The number of aromatic nitrogens is 3. The number of hydrogen-bond donors (Lipinski definition) is 0. The van der Waals surface area contributed by atoms with E-state index in [1.54, 1.807) is 18.3 Å². The fourth-order valence-corrected chi connectivity index (χ4v) is 3.65. The number of rotatable bonds is 7. The number of pyridine rings is 2.